The highest BCUT2D eigenvalue weighted by atomic mass is 32.2. The Balaban J connectivity index is 2.02. The van der Waals surface area contributed by atoms with Crippen LogP contribution in [0.3, 0.4) is 0 Å². The summed E-state index contributed by atoms with van der Waals surface area (Å²) in [5, 5.41) is 0. The molecule has 0 radical (unpaired) electrons. The number of piperazine rings is 1. The molecule has 1 saturated heterocycles. The topological polar surface area (TPSA) is 66.6 Å². The van der Waals surface area contributed by atoms with Crippen molar-refractivity contribution in [1.29, 1.82) is 0 Å². The molecule has 1 aromatic rings. The lowest BCUT2D eigenvalue weighted by atomic mass is 10.1. The summed E-state index contributed by atoms with van der Waals surface area (Å²) in [6.07, 6.45) is 0. The van der Waals surface area contributed by atoms with Crippen molar-refractivity contribution in [2.24, 2.45) is 0 Å². The van der Waals surface area contributed by atoms with Crippen molar-refractivity contribution >= 4 is 15.7 Å². The minimum Gasteiger partial charge on any atom is -0.399 e. The summed E-state index contributed by atoms with van der Waals surface area (Å²) >= 11 is 0. The maximum absolute atomic E-state index is 12.5. The van der Waals surface area contributed by atoms with Crippen molar-refractivity contribution < 1.29 is 8.42 Å². The van der Waals surface area contributed by atoms with Crippen LogP contribution in [0, 0.1) is 0 Å². The molecule has 5 nitrogen and oxygen atoms in total. The van der Waals surface area contributed by atoms with Gasteiger partial charge in [0.25, 0.3) is 0 Å². The number of nitrogens with zero attached hydrogens (tertiary/aromatic N) is 2. The number of hydrogen-bond acceptors (Lipinski definition) is 4. The first-order valence-electron chi connectivity index (χ1n) is 7.26. The third-order valence-corrected chi connectivity index (χ3v) is 5.73. The molecule has 0 saturated carbocycles. The Hall–Kier alpha value is -1.11. The van der Waals surface area contributed by atoms with Crippen LogP contribution in [0.25, 0.3) is 0 Å². The van der Waals surface area contributed by atoms with Gasteiger partial charge in [0, 0.05) is 37.4 Å². The van der Waals surface area contributed by atoms with Gasteiger partial charge in [-0.05, 0) is 38.5 Å². The fourth-order valence-corrected chi connectivity index (χ4v) is 4.12. The fourth-order valence-electron chi connectivity index (χ4n) is 2.62. The van der Waals surface area contributed by atoms with Gasteiger partial charge < -0.3 is 5.73 Å². The summed E-state index contributed by atoms with van der Waals surface area (Å²) in [5.41, 5.74) is 7.14. The number of hydrogen-bond donors (Lipinski definition) is 1. The number of rotatable bonds is 3. The molecule has 21 heavy (non-hydrogen) atoms. The largest absolute Gasteiger partial charge is 0.399 e. The Morgan fingerprint density at radius 1 is 1.14 bits per heavy atom. The molecule has 0 spiro atoms. The predicted molar refractivity (Wildman–Crippen MR) is 86.4 cm³/mol. The minimum atomic E-state index is -3.27. The zero-order valence-electron chi connectivity index (χ0n) is 13.0. The van der Waals surface area contributed by atoms with Crippen molar-refractivity contribution in [3.63, 3.8) is 0 Å². The van der Waals surface area contributed by atoms with E-state index in [1.165, 1.54) is 0 Å². The van der Waals surface area contributed by atoms with Crippen LogP contribution < -0.4 is 5.73 Å². The highest BCUT2D eigenvalue weighted by Gasteiger charge is 2.31. The number of nitrogen functional groups attached to an aromatic ring is 1. The lowest BCUT2D eigenvalue weighted by Gasteiger charge is -2.41. The Morgan fingerprint density at radius 2 is 1.76 bits per heavy atom. The van der Waals surface area contributed by atoms with Gasteiger partial charge in [-0.1, -0.05) is 12.1 Å². The monoisotopic (exact) mass is 311 g/mol. The van der Waals surface area contributed by atoms with Gasteiger partial charge in [-0.3, -0.25) is 4.90 Å². The normalized spacial score (nSPS) is 18.8. The van der Waals surface area contributed by atoms with Gasteiger partial charge in [-0.2, -0.15) is 4.31 Å². The Bertz CT molecular complexity index is 585. The summed E-state index contributed by atoms with van der Waals surface area (Å²) in [7, 11) is -3.27. The van der Waals surface area contributed by atoms with E-state index in [0.29, 0.717) is 18.8 Å². The molecule has 1 aliphatic rings. The molecule has 6 heteroatoms. The highest BCUT2D eigenvalue weighted by Crippen LogP contribution is 2.19. The number of sulfonamides is 1. The van der Waals surface area contributed by atoms with Gasteiger partial charge in [0.1, 0.15) is 0 Å². The van der Waals surface area contributed by atoms with Crippen LogP contribution in [0.2, 0.25) is 0 Å². The molecule has 1 fully saturated rings. The first kappa shape index (κ1) is 16.3. The van der Waals surface area contributed by atoms with E-state index in [9.17, 15) is 8.42 Å². The van der Waals surface area contributed by atoms with Crippen LogP contribution in [0.15, 0.2) is 24.3 Å². The van der Waals surface area contributed by atoms with Crippen molar-refractivity contribution in [3.05, 3.63) is 29.8 Å². The van der Waals surface area contributed by atoms with Crippen molar-refractivity contribution in [1.82, 2.24) is 9.21 Å². The Morgan fingerprint density at radius 3 is 2.29 bits per heavy atom. The highest BCUT2D eigenvalue weighted by molar-refractivity contribution is 7.88. The minimum absolute atomic E-state index is 0.0214. The van der Waals surface area contributed by atoms with Crippen LogP contribution in [0.1, 0.15) is 26.3 Å². The molecule has 0 bridgehead atoms. The molecule has 0 amide bonds. The van der Waals surface area contributed by atoms with Crippen LogP contribution in [0.5, 0.6) is 0 Å². The Labute approximate surface area is 127 Å². The fraction of sp³-hybridized carbons (Fsp3) is 0.600. The summed E-state index contributed by atoms with van der Waals surface area (Å²) < 4.78 is 26.6. The maximum Gasteiger partial charge on any atom is 0.218 e. The van der Waals surface area contributed by atoms with E-state index >= 15 is 0 Å². The average molecular weight is 311 g/mol. The summed E-state index contributed by atoms with van der Waals surface area (Å²) in [6.45, 7) is 9.14. The van der Waals surface area contributed by atoms with Crippen LogP contribution in [0.4, 0.5) is 5.69 Å². The van der Waals surface area contributed by atoms with E-state index in [2.05, 4.69) is 25.7 Å². The third-order valence-electron chi connectivity index (χ3n) is 3.88. The molecule has 1 heterocycles. The van der Waals surface area contributed by atoms with E-state index in [4.69, 9.17) is 5.73 Å². The summed E-state index contributed by atoms with van der Waals surface area (Å²) in [5.74, 6) is 0.0214. The van der Waals surface area contributed by atoms with Crippen LogP contribution in [-0.2, 0) is 15.8 Å². The predicted octanol–water partition coefficient (Wildman–Crippen LogP) is 1.51. The van der Waals surface area contributed by atoms with Crippen molar-refractivity contribution in [3.8, 4) is 0 Å². The van der Waals surface area contributed by atoms with Gasteiger partial charge in [0.05, 0.1) is 5.75 Å². The average Bonchev–Trinajstić information content (AvgIpc) is 2.37. The standard InChI is InChI=1S/C15H25N3O2S/c1-15(2,3)17-7-9-18(10-8-17)21(19,20)12-13-5-4-6-14(16)11-13/h4-6,11H,7-10,12,16H2,1-3H3. The molecule has 118 valence electrons. The third kappa shape index (κ3) is 4.18. The lowest BCUT2D eigenvalue weighted by molar-refractivity contribution is 0.0921. The second-order valence-electron chi connectivity index (χ2n) is 6.56. The second-order valence-corrected chi connectivity index (χ2v) is 8.53. The van der Waals surface area contributed by atoms with E-state index in [1.807, 2.05) is 0 Å². The van der Waals surface area contributed by atoms with Crippen molar-refractivity contribution in [2.75, 3.05) is 31.9 Å². The Kier molecular flexibility index (Phi) is 4.60. The second kappa shape index (κ2) is 5.94. The molecule has 0 unspecified atom stereocenters. The SMILES string of the molecule is CC(C)(C)N1CCN(S(=O)(=O)Cc2cccc(N)c2)CC1. The van der Waals surface area contributed by atoms with E-state index < -0.39 is 10.0 Å². The van der Waals surface area contributed by atoms with Crippen LogP contribution in [-0.4, -0.2) is 49.3 Å². The van der Waals surface area contributed by atoms with Gasteiger partial charge in [0.15, 0.2) is 0 Å². The molecular weight excluding hydrogens is 286 g/mol. The first-order valence-corrected chi connectivity index (χ1v) is 8.87. The van der Waals surface area contributed by atoms with E-state index in [1.54, 1.807) is 28.6 Å². The van der Waals surface area contributed by atoms with Gasteiger partial charge >= 0.3 is 0 Å². The first-order chi connectivity index (χ1) is 9.68. The quantitative estimate of drug-likeness (QED) is 0.859. The summed E-state index contributed by atoms with van der Waals surface area (Å²) in [6, 6.07) is 7.08. The smallest absolute Gasteiger partial charge is 0.218 e. The molecule has 0 aromatic heterocycles. The molecule has 2 N–H and O–H groups in total. The zero-order chi connectivity index (χ0) is 15.7. The number of nitrogens with two attached hydrogens (primary N) is 1. The van der Waals surface area contributed by atoms with E-state index in [0.717, 1.165) is 18.7 Å². The molecule has 0 atom stereocenters. The van der Waals surface area contributed by atoms with Gasteiger partial charge in [-0.15, -0.1) is 0 Å². The number of anilines is 1. The number of benzene rings is 1. The maximum atomic E-state index is 12.5. The molecule has 1 aliphatic heterocycles. The van der Waals surface area contributed by atoms with Gasteiger partial charge in [-0.25, -0.2) is 8.42 Å². The van der Waals surface area contributed by atoms with Crippen molar-refractivity contribution in [2.45, 2.75) is 32.1 Å². The van der Waals surface area contributed by atoms with Crippen LogP contribution >= 0.6 is 0 Å². The molecule has 2 rings (SSSR count). The summed E-state index contributed by atoms with van der Waals surface area (Å²) in [4.78, 5) is 2.32. The molecule has 1 aromatic carbocycles. The molecule has 0 aliphatic carbocycles. The molecular formula is C15H25N3O2S. The van der Waals surface area contributed by atoms with E-state index in [-0.39, 0.29) is 11.3 Å². The lowest BCUT2D eigenvalue weighted by Crippen LogP contribution is -2.54. The van der Waals surface area contributed by atoms with Gasteiger partial charge in [0.2, 0.25) is 10.0 Å². The zero-order valence-corrected chi connectivity index (χ0v) is 13.9.